The second-order valence-electron chi connectivity index (χ2n) is 12.8. The number of benzene rings is 3. The molecule has 1 aliphatic heterocycles. The molecular formula is C41H58N2O8S2. The number of carbonyl (C=O) groups is 2. The Bertz CT molecular complexity index is 1860. The van der Waals surface area contributed by atoms with Gasteiger partial charge in [-0.05, 0) is 91.6 Å². The Kier molecular flexibility index (Phi) is 20.8. The quantitative estimate of drug-likeness (QED) is 0.180. The fraction of sp³-hybridized carbons (Fsp3) is 0.415. The second kappa shape index (κ2) is 23.5. The zero-order valence-corrected chi connectivity index (χ0v) is 34.1. The fourth-order valence-corrected chi connectivity index (χ4v) is 6.54. The first kappa shape index (κ1) is 46.9. The van der Waals surface area contributed by atoms with E-state index in [0.717, 1.165) is 61.0 Å². The van der Waals surface area contributed by atoms with E-state index in [-0.39, 0.29) is 12.2 Å². The normalized spacial score (nSPS) is 14.9. The van der Waals surface area contributed by atoms with Crippen molar-refractivity contribution in [2.45, 2.75) is 59.5 Å². The molecule has 1 amide bonds. The number of carbonyl (C=O) groups excluding carboxylic acids is 1. The number of sulfone groups is 2. The third kappa shape index (κ3) is 17.5. The summed E-state index contributed by atoms with van der Waals surface area (Å²) in [5.74, 6) is -1.52. The summed E-state index contributed by atoms with van der Waals surface area (Å²) in [5.41, 5.74) is 5.43. The molecule has 3 aromatic rings. The minimum atomic E-state index is -3.37. The lowest BCUT2D eigenvalue weighted by atomic mass is 9.93. The maximum atomic E-state index is 13.3. The lowest BCUT2D eigenvalue weighted by Crippen LogP contribution is -2.42. The van der Waals surface area contributed by atoms with Gasteiger partial charge in [0.15, 0.2) is 9.84 Å². The summed E-state index contributed by atoms with van der Waals surface area (Å²) in [6, 6.07) is 22.7. The van der Waals surface area contributed by atoms with E-state index in [0.29, 0.717) is 16.4 Å². The Labute approximate surface area is 317 Å². The SMILES string of the molecule is C=C/C=C(\C)S(C)(=O)=O.CC.COC.Cc1ccccc1-c1cc(CN2CCC(Cc3ccccc3)C2)ccc1C(=O)NC(CCS(C)(=O)=O)C(=O)O. The first-order valence-electron chi connectivity index (χ1n) is 17.5. The van der Waals surface area contributed by atoms with E-state index in [4.69, 9.17) is 0 Å². The van der Waals surface area contributed by atoms with Crippen molar-refractivity contribution < 1.29 is 36.3 Å². The average Bonchev–Trinajstić information content (AvgIpc) is 3.54. The van der Waals surface area contributed by atoms with Crippen molar-refractivity contribution in [2.24, 2.45) is 5.92 Å². The highest BCUT2D eigenvalue weighted by Gasteiger charge is 2.26. The number of carboxylic acid groups (broad SMARTS) is 1. The number of carboxylic acids is 1. The molecule has 12 heteroatoms. The molecule has 1 saturated heterocycles. The van der Waals surface area contributed by atoms with Crippen molar-refractivity contribution in [2.75, 3.05) is 45.6 Å². The molecule has 0 bridgehead atoms. The summed E-state index contributed by atoms with van der Waals surface area (Å²) in [5, 5.41) is 12.1. The van der Waals surface area contributed by atoms with Crippen LogP contribution in [-0.4, -0.2) is 90.3 Å². The van der Waals surface area contributed by atoms with E-state index >= 15 is 0 Å². The number of hydrogen-bond acceptors (Lipinski definition) is 8. The lowest BCUT2D eigenvalue weighted by molar-refractivity contribution is -0.139. The summed E-state index contributed by atoms with van der Waals surface area (Å²) < 4.78 is 48.6. The topological polar surface area (TPSA) is 147 Å². The smallest absolute Gasteiger partial charge is 0.326 e. The van der Waals surface area contributed by atoms with E-state index in [1.54, 1.807) is 20.3 Å². The zero-order chi connectivity index (χ0) is 40.2. The van der Waals surface area contributed by atoms with Gasteiger partial charge in [0.2, 0.25) is 0 Å². The molecule has 2 N–H and O–H groups in total. The Balaban J connectivity index is 0.000000859. The number of hydrogen-bond donors (Lipinski definition) is 2. The van der Waals surface area contributed by atoms with Crippen LogP contribution < -0.4 is 5.32 Å². The molecule has 2 atom stereocenters. The highest BCUT2D eigenvalue weighted by atomic mass is 32.2. The number of aryl methyl sites for hydroxylation is 1. The molecule has 1 aliphatic rings. The molecule has 2 unspecified atom stereocenters. The van der Waals surface area contributed by atoms with Crippen LogP contribution in [0.1, 0.15) is 60.7 Å². The predicted molar refractivity (Wildman–Crippen MR) is 216 cm³/mol. The second-order valence-corrected chi connectivity index (χ2v) is 17.2. The van der Waals surface area contributed by atoms with Crippen LogP contribution in [0.15, 0.2) is 96.4 Å². The number of aliphatic carboxylic acids is 1. The van der Waals surface area contributed by atoms with E-state index < -0.39 is 37.6 Å². The first-order chi connectivity index (χ1) is 25.0. The molecule has 1 fully saturated rings. The van der Waals surface area contributed by atoms with Gasteiger partial charge >= 0.3 is 5.97 Å². The predicted octanol–water partition coefficient (Wildman–Crippen LogP) is 6.75. The van der Waals surface area contributed by atoms with Crippen LogP contribution in [0.25, 0.3) is 11.1 Å². The third-order valence-corrected chi connectivity index (χ3v) is 10.5. The molecule has 0 radical (unpaired) electrons. The number of nitrogens with zero attached hydrogens (tertiary/aromatic N) is 1. The van der Waals surface area contributed by atoms with Crippen LogP contribution in [0.3, 0.4) is 0 Å². The van der Waals surface area contributed by atoms with E-state index in [9.17, 15) is 31.5 Å². The van der Waals surface area contributed by atoms with Gasteiger partial charge in [-0.25, -0.2) is 21.6 Å². The molecule has 0 spiro atoms. The van der Waals surface area contributed by atoms with Crippen molar-refractivity contribution in [3.63, 3.8) is 0 Å². The molecule has 292 valence electrons. The summed E-state index contributed by atoms with van der Waals surface area (Å²) in [7, 11) is -3.09. The fourth-order valence-electron chi connectivity index (χ4n) is 5.53. The summed E-state index contributed by atoms with van der Waals surface area (Å²) in [4.78, 5) is 27.9. The number of likely N-dealkylation sites (tertiary alicyclic amines) is 1. The van der Waals surface area contributed by atoms with E-state index in [1.807, 2.05) is 63.2 Å². The number of amides is 1. The van der Waals surface area contributed by atoms with Crippen molar-refractivity contribution in [3.05, 3.63) is 119 Å². The molecule has 0 saturated carbocycles. The Hall–Kier alpha value is -4.10. The minimum absolute atomic E-state index is 0.198. The van der Waals surface area contributed by atoms with Crippen LogP contribution in [0.5, 0.6) is 0 Å². The first-order valence-corrected chi connectivity index (χ1v) is 21.5. The summed E-state index contributed by atoms with van der Waals surface area (Å²) in [6.45, 7) is 13.7. The standard InChI is InChI=1S/C31H36N2O5S.C6H10O2S.C2H6O.C2H6/c1-22-8-6-7-11-26(22)28-19-24(20-33-16-14-25(21-33)18-23-9-4-3-5-10-23)12-13-27(28)30(34)32-29(31(35)36)15-17-39(2,37)38;1-4-5-6(2)9(3,7)8;1-3-2;1-2/h3-13,19,25,29H,14-18,20-21H2,1-2H3,(H,32,34)(H,35,36);4-5H,1H2,2-3H3;1-2H3;1-2H3/b;6-5+;;. The number of ether oxygens (including phenoxy) is 1. The Morgan fingerprint density at radius 1 is 0.962 bits per heavy atom. The Morgan fingerprint density at radius 2 is 1.57 bits per heavy atom. The maximum absolute atomic E-state index is 13.3. The highest BCUT2D eigenvalue weighted by Crippen LogP contribution is 2.30. The molecule has 4 rings (SSSR count). The number of nitrogens with one attached hydrogen (secondary N) is 1. The van der Waals surface area contributed by atoms with Gasteiger partial charge < -0.3 is 15.2 Å². The van der Waals surface area contributed by atoms with Gasteiger partial charge in [-0.1, -0.05) is 87.2 Å². The van der Waals surface area contributed by atoms with Gasteiger partial charge in [0.1, 0.15) is 15.9 Å². The molecule has 1 heterocycles. The van der Waals surface area contributed by atoms with Gasteiger partial charge in [0, 0.05) is 50.3 Å². The largest absolute Gasteiger partial charge is 0.480 e. The van der Waals surface area contributed by atoms with Gasteiger partial charge in [0.25, 0.3) is 5.91 Å². The van der Waals surface area contributed by atoms with Crippen molar-refractivity contribution in [3.8, 4) is 11.1 Å². The molecule has 10 nitrogen and oxygen atoms in total. The monoisotopic (exact) mass is 770 g/mol. The van der Waals surface area contributed by atoms with Gasteiger partial charge in [-0.2, -0.15) is 0 Å². The van der Waals surface area contributed by atoms with Crippen LogP contribution in [-0.2, 0) is 42.2 Å². The van der Waals surface area contributed by atoms with Crippen LogP contribution in [0.2, 0.25) is 0 Å². The van der Waals surface area contributed by atoms with Crippen molar-refractivity contribution >= 4 is 31.6 Å². The molecular weight excluding hydrogens is 713 g/mol. The molecule has 53 heavy (non-hydrogen) atoms. The molecule has 0 aromatic heterocycles. The number of rotatable bonds is 13. The van der Waals surface area contributed by atoms with Crippen molar-refractivity contribution in [1.82, 2.24) is 10.2 Å². The van der Waals surface area contributed by atoms with Gasteiger partial charge in [0.05, 0.1) is 5.75 Å². The average molecular weight is 771 g/mol. The van der Waals surface area contributed by atoms with Crippen LogP contribution >= 0.6 is 0 Å². The number of methoxy groups -OCH3 is 1. The van der Waals surface area contributed by atoms with Gasteiger partial charge in [-0.3, -0.25) is 9.69 Å². The minimum Gasteiger partial charge on any atom is -0.480 e. The Morgan fingerprint density at radius 3 is 2.09 bits per heavy atom. The van der Waals surface area contributed by atoms with Crippen LogP contribution in [0.4, 0.5) is 0 Å². The van der Waals surface area contributed by atoms with E-state index in [1.165, 1.54) is 30.9 Å². The summed E-state index contributed by atoms with van der Waals surface area (Å²) >= 11 is 0. The van der Waals surface area contributed by atoms with Crippen molar-refractivity contribution in [1.29, 1.82) is 0 Å². The highest BCUT2D eigenvalue weighted by molar-refractivity contribution is 7.94. The molecule has 3 aromatic carbocycles. The zero-order valence-electron chi connectivity index (χ0n) is 32.5. The summed E-state index contributed by atoms with van der Waals surface area (Å²) in [6.07, 6.45) is 7.15. The number of allylic oxidation sites excluding steroid dienone is 3. The van der Waals surface area contributed by atoms with Gasteiger partial charge in [-0.15, -0.1) is 0 Å². The third-order valence-electron chi connectivity index (χ3n) is 8.23. The maximum Gasteiger partial charge on any atom is 0.326 e. The molecule has 0 aliphatic carbocycles. The lowest BCUT2D eigenvalue weighted by Gasteiger charge is -2.20. The van der Waals surface area contributed by atoms with E-state index in [2.05, 4.69) is 45.8 Å². The van der Waals surface area contributed by atoms with Crippen LogP contribution in [0, 0.1) is 12.8 Å².